The molecule has 138 valence electrons. The number of nitrogens with one attached hydrogen (secondary N) is 1. The molecule has 2 amide bonds. The van der Waals surface area contributed by atoms with Gasteiger partial charge in [-0.05, 0) is 12.1 Å². The van der Waals surface area contributed by atoms with Gasteiger partial charge < -0.3 is 9.88 Å². The summed E-state index contributed by atoms with van der Waals surface area (Å²) in [5.41, 5.74) is 0.186. The molecule has 3 rings (SSSR count). The topological polar surface area (TPSA) is 80.1 Å². The molecule has 0 unspecified atom stereocenters. The number of halogens is 3. The predicted octanol–water partition coefficient (Wildman–Crippen LogP) is 2.21. The molecule has 1 N–H and O–H groups in total. The standard InChI is InChI=1S/C15H14F3N5O2S/c1-22-8-19-21-14(22)26-7-13(25)23-10-5-3-2-4-9(10)20-12(24)6-11(23)15(16,17)18/h2-5,8,11H,6-7H2,1H3,(H,20,24)/t11-/m1/s1. The van der Waals surface area contributed by atoms with Crippen LogP contribution >= 0.6 is 11.8 Å². The van der Waals surface area contributed by atoms with E-state index in [2.05, 4.69) is 15.5 Å². The minimum Gasteiger partial charge on any atom is -0.324 e. The Labute approximate surface area is 150 Å². The normalized spacial score (nSPS) is 17.5. The summed E-state index contributed by atoms with van der Waals surface area (Å²) in [6.07, 6.45) is -4.19. The molecule has 1 aromatic heterocycles. The second-order valence-electron chi connectivity index (χ2n) is 5.60. The fourth-order valence-corrected chi connectivity index (χ4v) is 3.34. The summed E-state index contributed by atoms with van der Waals surface area (Å²) in [4.78, 5) is 25.2. The number of fused-ring (bicyclic) bond motifs is 1. The van der Waals surface area contributed by atoms with Gasteiger partial charge in [0, 0.05) is 7.05 Å². The summed E-state index contributed by atoms with van der Waals surface area (Å²) >= 11 is 0.976. The lowest BCUT2D eigenvalue weighted by molar-refractivity contribution is -0.157. The van der Waals surface area contributed by atoms with Crippen molar-refractivity contribution in [3.05, 3.63) is 30.6 Å². The molecule has 2 heterocycles. The summed E-state index contributed by atoms with van der Waals surface area (Å²) in [5, 5.41) is 10.3. The van der Waals surface area contributed by atoms with Crippen molar-refractivity contribution < 1.29 is 22.8 Å². The number of carbonyl (C=O) groups is 2. The van der Waals surface area contributed by atoms with Gasteiger partial charge >= 0.3 is 6.18 Å². The number of amides is 2. The van der Waals surface area contributed by atoms with E-state index in [4.69, 9.17) is 0 Å². The van der Waals surface area contributed by atoms with Crippen molar-refractivity contribution in [2.45, 2.75) is 23.8 Å². The fourth-order valence-electron chi connectivity index (χ4n) is 2.59. The van der Waals surface area contributed by atoms with E-state index in [-0.39, 0.29) is 17.1 Å². The van der Waals surface area contributed by atoms with Crippen LogP contribution in [0.15, 0.2) is 35.7 Å². The smallest absolute Gasteiger partial charge is 0.324 e. The van der Waals surface area contributed by atoms with Crippen molar-refractivity contribution in [2.75, 3.05) is 16.0 Å². The zero-order valence-electron chi connectivity index (χ0n) is 13.5. The van der Waals surface area contributed by atoms with E-state index in [1.807, 2.05) is 0 Å². The number of thioether (sulfide) groups is 1. The van der Waals surface area contributed by atoms with Gasteiger partial charge in [-0.3, -0.25) is 14.5 Å². The monoisotopic (exact) mass is 385 g/mol. The molecule has 26 heavy (non-hydrogen) atoms. The third kappa shape index (κ3) is 3.66. The Kier molecular flexibility index (Phi) is 4.90. The molecular formula is C15H14F3N5O2S. The molecule has 11 heteroatoms. The van der Waals surface area contributed by atoms with E-state index in [0.717, 1.165) is 11.8 Å². The van der Waals surface area contributed by atoms with Crippen LogP contribution in [0.4, 0.5) is 24.5 Å². The molecule has 0 fully saturated rings. The average Bonchev–Trinajstić information content (AvgIpc) is 2.90. The van der Waals surface area contributed by atoms with E-state index >= 15 is 0 Å². The number of hydrogen-bond donors (Lipinski definition) is 1. The molecule has 1 aromatic carbocycles. The third-order valence-corrected chi connectivity index (χ3v) is 4.79. The largest absolute Gasteiger partial charge is 0.409 e. The van der Waals surface area contributed by atoms with Crippen LogP contribution in [0.5, 0.6) is 0 Å². The van der Waals surface area contributed by atoms with Gasteiger partial charge in [-0.1, -0.05) is 23.9 Å². The molecule has 0 radical (unpaired) electrons. The van der Waals surface area contributed by atoms with Crippen LogP contribution in [-0.4, -0.2) is 44.5 Å². The fraction of sp³-hybridized carbons (Fsp3) is 0.333. The quantitative estimate of drug-likeness (QED) is 0.820. The van der Waals surface area contributed by atoms with Crippen LogP contribution in [0.1, 0.15) is 6.42 Å². The Bertz CT molecular complexity index is 839. The maximum absolute atomic E-state index is 13.6. The number of benzene rings is 1. The molecule has 0 spiro atoms. The molecule has 0 saturated heterocycles. The van der Waals surface area contributed by atoms with Crippen molar-refractivity contribution in [1.29, 1.82) is 0 Å². The Hall–Kier alpha value is -2.56. The summed E-state index contributed by atoms with van der Waals surface area (Å²) in [6.45, 7) is 0. The van der Waals surface area contributed by atoms with Crippen LogP contribution in [0.3, 0.4) is 0 Å². The Morgan fingerprint density at radius 1 is 1.38 bits per heavy atom. The summed E-state index contributed by atoms with van der Waals surface area (Å²) < 4.78 is 42.3. The number of nitrogens with zero attached hydrogens (tertiary/aromatic N) is 4. The van der Waals surface area contributed by atoms with Crippen LogP contribution in [0.2, 0.25) is 0 Å². The molecule has 1 aliphatic rings. The first-order valence-corrected chi connectivity index (χ1v) is 8.50. The number of carbonyl (C=O) groups excluding carboxylic acids is 2. The number of hydrogen-bond acceptors (Lipinski definition) is 5. The minimum atomic E-state index is -4.75. The van der Waals surface area contributed by atoms with E-state index in [1.54, 1.807) is 17.7 Å². The van der Waals surface area contributed by atoms with Crippen molar-refractivity contribution in [3.63, 3.8) is 0 Å². The van der Waals surface area contributed by atoms with Gasteiger partial charge in [-0.25, -0.2) is 0 Å². The van der Waals surface area contributed by atoms with Gasteiger partial charge in [0.05, 0.1) is 23.5 Å². The van der Waals surface area contributed by atoms with Gasteiger partial charge in [-0.15, -0.1) is 10.2 Å². The number of aromatic nitrogens is 3. The highest BCUT2D eigenvalue weighted by atomic mass is 32.2. The van der Waals surface area contributed by atoms with Gasteiger partial charge in [0.2, 0.25) is 11.8 Å². The number of anilines is 2. The number of alkyl halides is 3. The highest BCUT2D eigenvalue weighted by Gasteiger charge is 2.48. The van der Waals surface area contributed by atoms with Crippen LogP contribution in [0, 0.1) is 0 Å². The number of aryl methyl sites for hydroxylation is 1. The maximum atomic E-state index is 13.6. The zero-order chi connectivity index (χ0) is 18.9. The molecule has 2 aromatic rings. The minimum absolute atomic E-state index is 0.0178. The van der Waals surface area contributed by atoms with Gasteiger partial charge in [-0.2, -0.15) is 13.2 Å². The third-order valence-electron chi connectivity index (χ3n) is 3.77. The summed E-state index contributed by atoms with van der Waals surface area (Å²) in [5.74, 6) is -1.85. The van der Waals surface area contributed by atoms with E-state index in [9.17, 15) is 22.8 Å². The molecular weight excluding hydrogens is 371 g/mol. The molecule has 0 saturated carbocycles. The van der Waals surface area contributed by atoms with Crippen LogP contribution in [-0.2, 0) is 16.6 Å². The number of para-hydroxylation sites is 2. The van der Waals surface area contributed by atoms with Crippen molar-refractivity contribution in [3.8, 4) is 0 Å². The first kappa shape index (κ1) is 18.2. The second kappa shape index (κ2) is 6.98. The average molecular weight is 385 g/mol. The Morgan fingerprint density at radius 3 is 2.77 bits per heavy atom. The Morgan fingerprint density at radius 2 is 2.12 bits per heavy atom. The molecule has 7 nitrogen and oxygen atoms in total. The zero-order valence-corrected chi connectivity index (χ0v) is 14.3. The van der Waals surface area contributed by atoms with Crippen molar-refractivity contribution >= 4 is 35.0 Å². The SMILES string of the molecule is Cn1cnnc1SCC(=O)N1c2ccccc2NC(=O)C[C@@H]1C(F)(F)F. The van der Waals surface area contributed by atoms with Crippen molar-refractivity contribution in [2.24, 2.45) is 7.05 Å². The number of rotatable bonds is 3. The van der Waals surface area contributed by atoms with E-state index < -0.39 is 30.5 Å². The maximum Gasteiger partial charge on any atom is 0.409 e. The Balaban J connectivity index is 1.94. The molecule has 1 aliphatic heterocycles. The lowest BCUT2D eigenvalue weighted by Gasteiger charge is -2.31. The van der Waals surface area contributed by atoms with Crippen LogP contribution in [0.25, 0.3) is 0 Å². The van der Waals surface area contributed by atoms with E-state index in [0.29, 0.717) is 10.1 Å². The highest BCUT2D eigenvalue weighted by molar-refractivity contribution is 7.99. The summed E-state index contributed by atoms with van der Waals surface area (Å²) in [7, 11) is 1.66. The van der Waals surface area contributed by atoms with Gasteiger partial charge in [0.25, 0.3) is 0 Å². The van der Waals surface area contributed by atoms with E-state index in [1.165, 1.54) is 24.5 Å². The van der Waals surface area contributed by atoms with Crippen molar-refractivity contribution in [1.82, 2.24) is 14.8 Å². The lowest BCUT2D eigenvalue weighted by atomic mass is 10.1. The molecule has 1 atom stereocenters. The van der Waals surface area contributed by atoms with Gasteiger partial charge in [0.15, 0.2) is 5.16 Å². The first-order valence-electron chi connectivity index (χ1n) is 7.52. The predicted molar refractivity (Wildman–Crippen MR) is 88.7 cm³/mol. The van der Waals surface area contributed by atoms with Gasteiger partial charge in [0.1, 0.15) is 12.4 Å². The molecule has 0 aliphatic carbocycles. The molecule has 0 bridgehead atoms. The highest BCUT2D eigenvalue weighted by Crippen LogP contribution is 2.38. The second-order valence-corrected chi connectivity index (χ2v) is 6.55. The lowest BCUT2D eigenvalue weighted by Crippen LogP contribution is -2.50. The summed E-state index contributed by atoms with van der Waals surface area (Å²) in [6, 6.07) is 3.69. The van der Waals surface area contributed by atoms with Crippen LogP contribution < -0.4 is 10.2 Å². The first-order chi connectivity index (χ1) is 12.3.